The van der Waals surface area contributed by atoms with Crippen molar-refractivity contribution < 1.29 is 0 Å². The molecule has 0 saturated heterocycles. The molecule has 5 aliphatic rings. The molecule has 2 atom stereocenters. The molecule has 0 N–H and O–H groups in total. The summed E-state index contributed by atoms with van der Waals surface area (Å²) in [6, 6.07) is 43.0. The summed E-state index contributed by atoms with van der Waals surface area (Å²) in [6.45, 7) is 26.9. The summed E-state index contributed by atoms with van der Waals surface area (Å²) in [5, 5.41) is 0. The average molecular weight is 771 g/mol. The molecule has 11 rings (SSSR count). The zero-order chi connectivity index (χ0) is 41.2. The van der Waals surface area contributed by atoms with E-state index in [4.69, 9.17) is 0 Å². The van der Waals surface area contributed by atoms with Gasteiger partial charge in [-0.05, 0) is 134 Å². The molecule has 3 heterocycles. The maximum absolute atomic E-state index is 2.90. The minimum absolute atomic E-state index is 0.00776. The van der Waals surface area contributed by atoms with Crippen LogP contribution in [0.3, 0.4) is 0 Å². The van der Waals surface area contributed by atoms with Crippen LogP contribution in [0, 0.1) is 6.92 Å². The third kappa shape index (κ3) is 4.77. The Morgan fingerprint density at radius 2 is 1.24 bits per heavy atom. The van der Waals surface area contributed by atoms with Crippen molar-refractivity contribution in [3.05, 3.63) is 143 Å². The maximum Gasteiger partial charge on any atom is 0.252 e. The first-order valence-electron chi connectivity index (χ1n) is 22.4. The molecule has 1 saturated carbocycles. The van der Waals surface area contributed by atoms with Gasteiger partial charge in [-0.15, -0.1) is 0 Å². The highest BCUT2D eigenvalue weighted by Gasteiger charge is 2.62. The normalized spacial score (nSPS) is 21.7. The van der Waals surface area contributed by atoms with Crippen molar-refractivity contribution in [2.75, 3.05) is 9.80 Å². The molecule has 3 heteroatoms. The molecule has 2 nitrogen and oxygen atoms in total. The van der Waals surface area contributed by atoms with E-state index >= 15 is 0 Å². The van der Waals surface area contributed by atoms with Gasteiger partial charge in [0.15, 0.2) is 0 Å². The molecule has 1 fully saturated rings. The lowest BCUT2D eigenvalue weighted by Crippen LogP contribution is -2.65. The van der Waals surface area contributed by atoms with Crippen LogP contribution in [0.2, 0.25) is 0 Å². The molecule has 0 radical (unpaired) electrons. The fraction of sp³-hybridized carbons (Fsp3) is 0.357. The standard InChI is InChI=1S/C56H59BN2/c1-34-29-46-49-47(30-34)59-51-42(55(10)27-17-18-28-56(55,59)11)32-37(53(5,6)7)33-43(51)57(49)50-45(26-24-39-38-21-15-16-22-41(38)54(8,9)48(39)50)58(46)44-25-23-36(52(2,3)4)31-40(44)35-19-13-12-14-20-35/h12-16,19-26,29-33H,17-18,27-28H2,1-11H3. The summed E-state index contributed by atoms with van der Waals surface area (Å²) in [5.41, 5.74) is 25.1. The molecule has 0 amide bonds. The van der Waals surface area contributed by atoms with Crippen molar-refractivity contribution in [3.8, 4) is 22.3 Å². The van der Waals surface area contributed by atoms with Crippen LogP contribution >= 0.6 is 0 Å². The second kappa shape index (κ2) is 11.8. The molecule has 2 unspecified atom stereocenters. The summed E-state index contributed by atoms with van der Waals surface area (Å²) in [6.07, 6.45) is 4.97. The number of hydrogen-bond donors (Lipinski definition) is 0. The van der Waals surface area contributed by atoms with Crippen LogP contribution in [-0.2, 0) is 21.7 Å². The van der Waals surface area contributed by atoms with Crippen LogP contribution in [0.1, 0.15) is 128 Å². The molecule has 6 aromatic carbocycles. The Kier molecular flexibility index (Phi) is 7.43. The van der Waals surface area contributed by atoms with Gasteiger partial charge in [0, 0.05) is 39.1 Å². The van der Waals surface area contributed by atoms with E-state index in [0.717, 1.165) is 0 Å². The highest BCUT2D eigenvalue weighted by atomic mass is 15.3. The predicted molar refractivity (Wildman–Crippen MR) is 254 cm³/mol. The van der Waals surface area contributed by atoms with Crippen molar-refractivity contribution in [1.82, 2.24) is 0 Å². The number of benzene rings is 6. The lowest BCUT2D eigenvalue weighted by Gasteiger charge is -2.53. The quantitative estimate of drug-likeness (QED) is 0.162. The minimum Gasteiger partial charge on any atom is -0.335 e. The smallest absolute Gasteiger partial charge is 0.252 e. The summed E-state index contributed by atoms with van der Waals surface area (Å²) < 4.78 is 0. The van der Waals surface area contributed by atoms with Gasteiger partial charge in [-0.3, -0.25) is 0 Å². The van der Waals surface area contributed by atoms with Gasteiger partial charge >= 0.3 is 0 Å². The highest BCUT2D eigenvalue weighted by molar-refractivity contribution is 7.00. The Labute approximate surface area is 353 Å². The van der Waals surface area contributed by atoms with Crippen LogP contribution in [-0.4, -0.2) is 12.3 Å². The van der Waals surface area contributed by atoms with Crippen molar-refractivity contribution in [1.29, 1.82) is 0 Å². The van der Waals surface area contributed by atoms with Crippen molar-refractivity contribution in [3.63, 3.8) is 0 Å². The van der Waals surface area contributed by atoms with E-state index in [1.54, 1.807) is 5.56 Å². The van der Waals surface area contributed by atoms with Gasteiger partial charge in [-0.1, -0.05) is 154 Å². The minimum atomic E-state index is -0.183. The Morgan fingerprint density at radius 3 is 1.98 bits per heavy atom. The number of nitrogens with zero attached hydrogens (tertiary/aromatic N) is 2. The molecule has 0 bridgehead atoms. The summed E-state index contributed by atoms with van der Waals surface area (Å²) in [7, 11) is 0. The van der Waals surface area contributed by atoms with E-state index in [-0.39, 0.29) is 33.9 Å². The lowest BCUT2D eigenvalue weighted by molar-refractivity contribution is 0.195. The van der Waals surface area contributed by atoms with Crippen LogP contribution in [0.25, 0.3) is 22.3 Å². The van der Waals surface area contributed by atoms with E-state index in [1.165, 1.54) is 121 Å². The fourth-order valence-corrected chi connectivity index (χ4v) is 12.6. The molecule has 6 aromatic rings. The third-order valence-corrected chi connectivity index (χ3v) is 15.9. The van der Waals surface area contributed by atoms with Crippen LogP contribution in [0.4, 0.5) is 28.4 Å². The van der Waals surface area contributed by atoms with Crippen molar-refractivity contribution in [2.45, 2.75) is 129 Å². The van der Waals surface area contributed by atoms with Gasteiger partial charge in [0.05, 0.1) is 11.2 Å². The summed E-state index contributed by atoms with van der Waals surface area (Å²) in [4.78, 5) is 5.60. The van der Waals surface area contributed by atoms with E-state index in [1.807, 2.05) is 0 Å². The molecular weight excluding hydrogens is 711 g/mol. The molecule has 0 spiro atoms. The maximum atomic E-state index is 2.90. The first-order chi connectivity index (χ1) is 27.9. The Bertz CT molecular complexity index is 2780. The molecule has 0 aromatic heterocycles. The highest BCUT2D eigenvalue weighted by Crippen LogP contribution is 2.63. The molecule has 59 heavy (non-hydrogen) atoms. The number of rotatable bonds is 2. The summed E-state index contributed by atoms with van der Waals surface area (Å²) >= 11 is 0. The van der Waals surface area contributed by atoms with E-state index in [0.29, 0.717) is 0 Å². The monoisotopic (exact) mass is 770 g/mol. The molecule has 2 aliphatic carbocycles. The Balaban J connectivity index is 1.32. The van der Waals surface area contributed by atoms with E-state index < -0.39 is 0 Å². The first kappa shape index (κ1) is 37.0. The van der Waals surface area contributed by atoms with Gasteiger partial charge < -0.3 is 9.80 Å². The van der Waals surface area contributed by atoms with Crippen LogP contribution in [0.15, 0.2) is 109 Å². The van der Waals surface area contributed by atoms with Crippen molar-refractivity contribution >= 4 is 51.5 Å². The predicted octanol–water partition coefficient (Wildman–Crippen LogP) is 12.9. The SMILES string of the molecule is Cc1cc2c3c(c1)N1c4c(cc(C(C)(C)C)cc4C4(C)CCCCC14C)B3c1c(ccc3c1C(C)(C)c1ccccc1-3)N2c1ccc(C(C)(C)C)cc1-c1ccccc1. The second-order valence-corrected chi connectivity index (χ2v) is 21.8. The fourth-order valence-electron chi connectivity index (χ4n) is 12.6. The topological polar surface area (TPSA) is 6.48 Å². The number of aryl methyl sites for hydroxylation is 1. The molecular formula is C56H59BN2. The first-order valence-corrected chi connectivity index (χ1v) is 22.4. The number of anilines is 5. The zero-order valence-electron chi connectivity index (χ0n) is 37.2. The molecule has 296 valence electrons. The van der Waals surface area contributed by atoms with Crippen LogP contribution < -0.4 is 26.2 Å². The van der Waals surface area contributed by atoms with Crippen molar-refractivity contribution in [2.24, 2.45) is 0 Å². The Morgan fingerprint density at radius 1 is 0.559 bits per heavy atom. The molecule has 3 aliphatic heterocycles. The van der Waals surface area contributed by atoms with Gasteiger partial charge in [-0.2, -0.15) is 0 Å². The number of fused-ring (bicyclic) bond motifs is 11. The number of hydrogen-bond acceptors (Lipinski definition) is 2. The largest absolute Gasteiger partial charge is 0.335 e. The van der Waals surface area contributed by atoms with Gasteiger partial charge in [-0.25, -0.2) is 0 Å². The Hall–Kier alpha value is -5.02. The second-order valence-electron chi connectivity index (χ2n) is 21.8. The average Bonchev–Trinajstić information content (AvgIpc) is 3.56. The zero-order valence-corrected chi connectivity index (χ0v) is 37.2. The summed E-state index contributed by atoms with van der Waals surface area (Å²) in [5.74, 6) is 0. The van der Waals surface area contributed by atoms with Gasteiger partial charge in [0.25, 0.3) is 6.71 Å². The van der Waals surface area contributed by atoms with Gasteiger partial charge in [0.2, 0.25) is 0 Å². The van der Waals surface area contributed by atoms with Gasteiger partial charge in [0.1, 0.15) is 0 Å². The van der Waals surface area contributed by atoms with Crippen LogP contribution in [0.5, 0.6) is 0 Å². The third-order valence-electron chi connectivity index (χ3n) is 15.9. The van der Waals surface area contributed by atoms with E-state index in [2.05, 4.69) is 195 Å². The van der Waals surface area contributed by atoms with E-state index in [9.17, 15) is 0 Å². The lowest BCUT2D eigenvalue weighted by atomic mass is 9.32.